The number of hydrogen-bond donors (Lipinski definition) is 1. The van der Waals surface area contributed by atoms with Crippen molar-refractivity contribution in [3.63, 3.8) is 0 Å². The van der Waals surface area contributed by atoms with Crippen LogP contribution in [-0.2, 0) is 9.47 Å². The number of ether oxygens (including phenoxy) is 2. The highest BCUT2D eigenvalue weighted by Gasteiger charge is 2.15. The summed E-state index contributed by atoms with van der Waals surface area (Å²) in [6.07, 6.45) is -0.259. The molecule has 122 valence electrons. The molecule has 0 aliphatic heterocycles. The Morgan fingerprint density at radius 2 is 1.78 bits per heavy atom. The van der Waals surface area contributed by atoms with E-state index in [1.54, 1.807) is 37.4 Å². The fourth-order valence-electron chi connectivity index (χ4n) is 1.96. The van der Waals surface area contributed by atoms with Crippen LogP contribution in [0.1, 0.15) is 31.7 Å². The minimum atomic E-state index is -0.439. The number of carbonyl (C=O) groups excluding carboxylic acids is 2. The minimum Gasteiger partial charge on any atom is -0.465 e. The van der Waals surface area contributed by atoms with Gasteiger partial charge < -0.3 is 14.8 Å². The summed E-state index contributed by atoms with van der Waals surface area (Å²) < 4.78 is 10.7. The van der Waals surface area contributed by atoms with Crippen LogP contribution in [0.4, 0.5) is 0 Å². The number of carbonyl (C=O) groups is 2. The maximum Gasteiger partial charge on any atom is 0.337 e. The summed E-state index contributed by atoms with van der Waals surface area (Å²) in [5, 5.41) is 2.80. The molecule has 2 aromatic rings. The molecular weight excluding hydrogens is 338 g/mol. The van der Waals surface area contributed by atoms with E-state index in [1.807, 2.05) is 6.07 Å². The topological polar surface area (TPSA) is 64.6 Å². The van der Waals surface area contributed by atoms with E-state index in [0.717, 1.165) is 4.88 Å². The second kappa shape index (κ2) is 8.10. The Hall–Kier alpha value is -1.89. The summed E-state index contributed by atoms with van der Waals surface area (Å²) in [5.41, 5.74) is 0.851. The van der Waals surface area contributed by atoms with Gasteiger partial charge in [-0.05, 0) is 36.4 Å². The maximum absolute atomic E-state index is 12.1. The molecule has 1 heterocycles. The highest BCUT2D eigenvalue weighted by Crippen LogP contribution is 2.28. The van der Waals surface area contributed by atoms with E-state index in [0.29, 0.717) is 22.0 Å². The quantitative estimate of drug-likeness (QED) is 0.809. The van der Waals surface area contributed by atoms with Crippen LogP contribution in [-0.4, -0.2) is 32.6 Å². The number of hydrogen-bond acceptors (Lipinski definition) is 5. The number of halogens is 1. The third-order valence-corrected chi connectivity index (χ3v) is 4.54. The van der Waals surface area contributed by atoms with Gasteiger partial charge in [0.2, 0.25) is 0 Å². The summed E-state index contributed by atoms with van der Waals surface area (Å²) in [5.74, 6) is -0.683. The van der Waals surface area contributed by atoms with E-state index < -0.39 is 5.97 Å². The summed E-state index contributed by atoms with van der Waals surface area (Å²) in [6, 6.07) is 9.91. The molecule has 23 heavy (non-hydrogen) atoms. The van der Waals surface area contributed by atoms with Gasteiger partial charge in [0, 0.05) is 24.1 Å². The third kappa shape index (κ3) is 4.54. The van der Waals surface area contributed by atoms with Crippen molar-refractivity contribution in [2.45, 2.75) is 6.10 Å². The van der Waals surface area contributed by atoms with Gasteiger partial charge in [-0.2, -0.15) is 0 Å². The summed E-state index contributed by atoms with van der Waals surface area (Å²) in [7, 11) is 2.89. The Bertz CT molecular complexity index is 684. The molecule has 0 saturated carbocycles. The minimum absolute atomic E-state index is 0.244. The lowest BCUT2D eigenvalue weighted by Gasteiger charge is -2.14. The molecule has 0 radical (unpaired) electrons. The van der Waals surface area contributed by atoms with Crippen LogP contribution in [0.2, 0.25) is 4.34 Å². The molecule has 1 amide bonds. The van der Waals surface area contributed by atoms with Crippen molar-refractivity contribution < 1.29 is 19.1 Å². The van der Waals surface area contributed by atoms with Crippen molar-refractivity contribution in [2.24, 2.45) is 0 Å². The zero-order valence-corrected chi connectivity index (χ0v) is 14.2. The standard InChI is InChI=1S/C16H16ClNO4S/c1-21-12(13-7-8-14(17)23-13)9-18-15(19)10-3-5-11(6-4-10)16(20)22-2/h3-8,12H,9H2,1-2H3,(H,18,19)/t12-/m1/s1. The Balaban J connectivity index is 1.97. The van der Waals surface area contributed by atoms with Crippen molar-refractivity contribution in [1.29, 1.82) is 0 Å². The van der Waals surface area contributed by atoms with Crippen LogP contribution in [0, 0.1) is 0 Å². The first kappa shape index (κ1) is 17.5. The molecule has 0 fully saturated rings. The van der Waals surface area contributed by atoms with Gasteiger partial charge >= 0.3 is 5.97 Å². The van der Waals surface area contributed by atoms with Gasteiger partial charge in [-0.15, -0.1) is 11.3 Å². The number of esters is 1. The van der Waals surface area contributed by atoms with Crippen molar-refractivity contribution in [3.05, 3.63) is 56.7 Å². The number of thiophene rings is 1. The van der Waals surface area contributed by atoms with Gasteiger partial charge in [-0.25, -0.2) is 4.79 Å². The molecule has 1 atom stereocenters. The number of nitrogens with one attached hydrogen (secondary N) is 1. The van der Waals surface area contributed by atoms with Crippen LogP contribution in [0.3, 0.4) is 0 Å². The first-order chi connectivity index (χ1) is 11.0. The maximum atomic E-state index is 12.1. The Morgan fingerprint density at radius 1 is 1.13 bits per heavy atom. The van der Waals surface area contributed by atoms with Gasteiger partial charge in [-0.1, -0.05) is 11.6 Å². The summed E-state index contributed by atoms with van der Waals surface area (Å²) in [6.45, 7) is 0.324. The van der Waals surface area contributed by atoms with E-state index in [4.69, 9.17) is 16.3 Å². The Morgan fingerprint density at radius 3 is 2.30 bits per heavy atom. The Kier molecular flexibility index (Phi) is 6.15. The summed E-state index contributed by atoms with van der Waals surface area (Å²) in [4.78, 5) is 24.4. The number of methoxy groups -OCH3 is 2. The molecule has 0 spiro atoms. The predicted octanol–water partition coefficient (Wildman–Crippen LogP) is 3.31. The van der Waals surface area contributed by atoms with Crippen molar-refractivity contribution in [3.8, 4) is 0 Å². The molecule has 0 aliphatic carbocycles. The highest BCUT2D eigenvalue weighted by atomic mass is 35.5. The summed E-state index contributed by atoms with van der Waals surface area (Å²) >= 11 is 7.32. The number of amides is 1. The molecule has 5 nitrogen and oxygen atoms in total. The smallest absolute Gasteiger partial charge is 0.337 e. The van der Waals surface area contributed by atoms with Crippen molar-refractivity contribution >= 4 is 34.8 Å². The highest BCUT2D eigenvalue weighted by molar-refractivity contribution is 7.16. The zero-order chi connectivity index (χ0) is 16.8. The molecule has 1 aromatic carbocycles. The largest absolute Gasteiger partial charge is 0.465 e. The third-order valence-electron chi connectivity index (χ3n) is 3.21. The molecule has 0 aliphatic rings. The van der Waals surface area contributed by atoms with Gasteiger partial charge in [-0.3, -0.25) is 4.79 Å². The van der Waals surface area contributed by atoms with E-state index in [2.05, 4.69) is 10.1 Å². The van der Waals surface area contributed by atoms with E-state index in [9.17, 15) is 9.59 Å². The SMILES string of the molecule is COC(=O)c1ccc(C(=O)NC[C@@H](OC)c2ccc(Cl)s2)cc1. The molecule has 0 unspecified atom stereocenters. The average Bonchev–Trinajstić information content (AvgIpc) is 3.01. The van der Waals surface area contributed by atoms with Crippen LogP contribution < -0.4 is 5.32 Å². The number of benzene rings is 1. The number of rotatable bonds is 6. The fourth-order valence-corrected chi connectivity index (χ4v) is 3.10. The zero-order valence-electron chi connectivity index (χ0n) is 12.7. The van der Waals surface area contributed by atoms with Gasteiger partial charge in [0.1, 0.15) is 6.10 Å². The van der Waals surface area contributed by atoms with Crippen LogP contribution in [0.5, 0.6) is 0 Å². The molecule has 1 aromatic heterocycles. The first-order valence-corrected chi connectivity index (χ1v) is 7.99. The molecule has 1 N–H and O–H groups in total. The lowest BCUT2D eigenvalue weighted by Crippen LogP contribution is -2.28. The molecule has 0 saturated heterocycles. The van der Waals surface area contributed by atoms with Gasteiger partial charge in [0.05, 0.1) is 17.0 Å². The fraction of sp³-hybridized carbons (Fsp3) is 0.250. The second-order valence-corrected chi connectivity index (χ2v) is 6.39. The van der Waals surface area contributed by atoms with Gasteiger partial charge in [0.25, 0.3) is 5.91 Å². The van der Waals surface area contributed by atoms with Crippen molar-refractivity contribution in [2.75, 3.05) is 20.8 Å². The van der Waals surface area contributed by atoms with Gasteiger partial charge in [0.15, 0.2) is 0 Å². The molecule has 0 bridgehead atoms. The first-order valence-electron chi connectivity index (χ1n) is 6.79. The van der Waals surface area contributed by atoms with E-state index in [-0.39, 0.29) is 12.0 Å². The normalized spacial score (nSPS) is 11.8. The lowest BCUT2D eigenvalue weighted by molar-refractivity contribution is 0.0600. The average molecular weight is 354 g/mol. The second-order valence-electron chi connectivity index (χ2n) is 4.65. The van der Waals surface area contributed by atoms with Crippen LogP contribution in [0.25, 0.3) is 0 Å². The van der Waals surface area contributed by atoms with Crippen molar-refractivity contribution in [1.82, 2.24) is 5.32 Å². The van der Waals surface area contributed by atoms with E-state index in [1.165, 1.54) is 18.4 Å². The molecule has 2 rings (SSSR count). The van der Waals surface area contributed by atoms with E-state index >= 15 is 0 Å². The van der Waals surface area contributed by atoms with Crippen LogP contribution >= 0.6 is 22.9 Å². The molecule has 7 heteroatoms. The lowest BCUT2D eigenvalue weighted by atomic mass is 10.1. The predicted molar refractivity (Wildman–Crippen MR) is 89.2 cm³/mol. The molecular formula is C16H16ClNO4S. The van der Waals surface area contributed by atoms with Crippen LogP contribution in [0.15, 0.2) is 36.4 Å². The monoisotopic (exact) mass is 353 g/mol. The Labute approximate surface area is 143 Å².